The van der Waals surface area contributed by atoms with Crippen LogP contribution in [-0.2, 0) is 16.1 Å². The maximum Gasteiger partial charge on any atom is 0.333 e. The van der Waals surface area contributed by atoms with Crippen LogP contribution >= 0.6 is 11.3 Å². The number of rotatable bonds is 6. The van der Waals surface area contributed by atoms with Crippen LogP contribution < -0.4 is 9.64 Å². The Morgan fingerprint density at radius 3 is 2.77 bits per heavy atom. The molecule has 0 atom stereocenters. The van der Waals surface area contributed by atoms with Crippen LogP contribution in [0.25, 0.3) is 17.2 Å². The number of hydrogen-bond donors (Lipinski definition) is 0. The summed E-state index contributed by atoms with van der Waals surface area (Å²) in [6, 6.07) is 18.7. The van der Waals surface area contributed by atoms with Crippen LogP contribution in [0.4, 0.5) is 5.69 Å². The first-order chi connectivity index (χ1) is 14.7. The molecule has 0 aliphatic carbocycles. The molecule has 0 amide bonds. The average molecular weight is 420 g/mol. The summed E-state index contributed by atoms with van der Waals surface area (Å²) in [5, 5.41) is 2.10. The molecule has 0 bridgehead atoms. The monoisotopic (exact) mass is 419 g/mol. The lowest BCUT2D eigenvalue weighted by atomic mass is 9.99. The van der Waals surface area contributed by atoms with Crippen LogP contribution in [0.2, 0.25) is 0 Å². The topological polar surface area (TPSA) is 38.8 Å². The van der Waals surface area contributed by atoms with Crippen molar-refractivity contribution >= 4 is 29.1 Å². The van der Waals surface area contributed by atoms with Crippen LogP contribution in [0, 0.1) is 0 Å². The van der Waals surface area contributed by atoms with E-state index in [1.54, 1.807) is 11.3 Å². The Bertz CT molecular complexity index is 1060. The highest BCUT2D eigenvalue weighted by Gasteiger charge is 2.21. The second-order valence-electron chi connectivity index (χ2n) is 7.11. The maximum atomic E-state index is 12.3. The fraction of sp³-hybridized carbons (Fsp3) is 0.240. The Morgan fingerprint density at radius 2 is 2.00 bits per heavy atom. The molecule has 0 unspecified atom stereocenters. The van der Waals surface area contributed by atoms with Crippen molar-refractivity contribution in [1.82, 2.24) is 0 Å². The molecule has 0 radical (unpaired) electrons. The summed E-state index contributed by atoms with van der Waals surface area (Å²) in [6.45, 7) is 4.19. The third-order valence-electron chi connectivity index (χ3n) is 5.22. The predicted octanol–water partition coefficient (Wildman–Crippen LogP) is 5.78. The van der Waals surface area contributed by atoms with Gasteiger partial charge in [0, 0.05) is 28.2 Å². The number of hydrogen-bond acceptors (Lipinski definition) is 5. The van der Waals surface area contributed by atoms with Gasteiger partial charge in [-0.15, -0.1) is 11.3 Å². The third kappa shape index (κ3) is 4.26. The minimum atomic E-state index is -0.265. The van der Waals surface area contributed by atoms with E-state index in [0.717, 1.165) is 41.2 Å². The highest BCUT2D eigenvalue weighted by atomic mass is 32.1. The Labute approximate surface area is 181 Å². The maximum absolute atomic E-state index is 12.3. The minimum absolute atomic E-state index is 0.265. The van der Waals surface area contributed by atoms with Gasteiger partial charge in [0.2, 0.25) is 0 Å². The van der Waals surface area contributed by atoms with Gasteiger partial charge in [-0.1, -0.05) is 30.3 Å². The number of benzene rings is 2. The van der Waals surface area contributed by atoms with Crippen molar-refractivity contribution < 1.29 is 14.3 Å². The van der Waals surface area contributed by atoms with Gasteiger partial charge in [-0.2, -0.15) is 0 Å². The first-order valence-electron chi connectivity index (χ1n) is 10.1. The summed E-state index contributed by atoms with van der Waals surface area (Å²) in [5.41, 5.74) is 4.95. The third-order valence-corrected chi connectivity index (χ3v) is 6.08. The van der Waals surface area contributed by atoms with E-state index in [1.807, 2.05) is 31.2 Å². The Kier molecular flexibility index (Phi) is 6.19. The van der Waals surface area contributed by atoms with Crippen molar-refractivity contribution in [2.75, 3.05) is 25.2 Å². The van der Waals surface area contributed by atoms with E-state index in [9.17, 15) is 4.79 Å². The van der Waals surface area contributed by atoms with Gasteiger partial charge in [0.15, 0.2) is 0 Å². The van der Waals surface area contributed by atoms with E-state index in [1.165, 1.54) is 12.0 Å². The Morgan fingerprint density at radius 1 is 1.13 bits per heavy atom. The normalized spacial score (nSPS) is 13.3. The predicted molar refractivity (Wildman–Crippen MR) is 123 cm³/mol. The molecule has 5 heteroatoms. The molecule has 0 N–H and O–H groups in total. The molecule has 4 rings (SSSR count). The highest BCUT2D eigenvalue weighted by molar-refractivity contribution is 7.09. The summed E-state index contributed by atoms with van der Waals surface area (Å²) < 4.78 is 10.9. The molecule has 2 aromatic carbocycles. The fourth-order valence-electron chi connectivity index (χ4n) is 3.79. The molecule has 0 saturated carbocycles. The molecule has 1 aliphatic rings. The summed E-state index contributed by atoms with van der Waals surface area (Å²) in [4.78, 5) is 16.0. The summed E-state index contributed by atoms with van der Waals surface area (Å²) in [5.74, 6) is 0.597. The molecule has 1 aromatic heterocycles. The number of para-hydroxylation sites is 1. The van der Waals surface area contributed by atoms with Crippen LogP contribution in [-0.4, -0.2) is 26.2 Å². The number of fused-ring (bicyclic) bond motifs is 1. The van der Waals surface area contributed by atoms with Crippen molar-refractivity contribution in [2.45, 2.75) is 19.9 Å². The van der Waals surface area contributed by atoms with Crippen molar-refractivity contribution in [3.63, 3.8) is 0 Å². The van der Waals surface area contributed by atoms with Crippen molar-refractivity contribution in [3.8, 4) is 16.9 Å². The van der Waals surface area contributed by atoms with Crippen molar-refractivity contribution in [3.05, 3.63) is 76.0 Å². The lowest BCUT2D eigenvalue weighted by Gasteiger charge is -2.25. The standard InChI is InChI=1S/C25H25NO3S/c1-3-29-24-9-5-4-8-22(24)18-10-11-23-20(15-18)16-19(25(27)28-2)12-13-26(23)17-21-7-6-14-30-21/h4-11,14-16H,3,12-13,17H2,1-2H3. The lowest BCUT2D eigenvalue weighted by Crippen LogP contribution is -2.24. The molecule has 0 fully saturated rings. The molecular weight excluding hydrogens is 394 g/mol. The number of anilines is 1. The van der Waals surface area contributed by atoms with Gasteiger partial charge in [0.1, 0.15) is 5.75 Å². The lowest BCUT2D eigenvalue weighted by molar-refractivity contribution is -0.136. The summed E-state index contributed by atoms with van der Waals surface area (Å²) in [6.07, 6.45) is 2.62. The number of carbonyl (C=O) groups excluding carboxylic acids is 1. The van der Waals surface area contributed by atoms with Crippen LogP contribution in [0.1, 0.15) is 23.8 Å². The SMILES string of the molecule is CCOc1ccccc1-c1ccc2c(c1)C=C(C(=O)OC)CCN2Cc1cccs1. The van der Waals surface area contributed by atoms with Gasteiger partial charge in [-0.3, -0.25) is 0 Å². The summed E-state index contributed by atoms with van der Waals surface area (Å²) in [7, 11) is 1.44. The zero-order valence-corrected chi connectivity index (χ0v) is 18.1. The van der Waals surface area contributed by atoms with Gasteiger partial charge < -0.3 is 14.4 Å². The Hall–Kier alpha value is -3.05. The van der Waals surface area contributed by atoms with Crippen molar-refractivity contribution in [2.24, 2.45) is 0 Å². The van der Waals surface area contributed by atoms with Gasteiger partial charge in [0.05, 0.1) is 20.3 Å². The largest absolute Gasteiger partial charge is 0.493 e. The quantitative estimate of drug-likeness (QED) is 0.475. The molecule has 4 nitrogen and oxygen atoms in total. The molecule has 154 valence electrons. The number of methoxy groups -OCH3 is 1. The summed E-state index contributed by atoms with van der Waals surface area (Å²) >= 11 is 1.75. The molecular formula is C25H25NO3S. The van der Waals surface area contributed by atoms with E-state index in [-0.39, 0.29) is 5.97 Å². The van der Waals surface area contributed by atoms with E-state index >= 15 is 0 Å². The minimum Gasteiger partial charge on any atom is -0.493 e. The average Bonchev–Trinajstić information content (AvgIpc) is 3.22. The molecule has 30 heavy (non-hydrogen) atoms. The first-order valence-corrected chi connectivity index (χ1v) is 11.0. The first kappa shape index (κ1) is 20.2. The second-order valence-corrected chi connectivity index (χ2v) is 8.15. The van der Waals surface area contributed by atoms with Gasteiger partial charge >= 0.3 is 5.97 Å². The van der Waals surface area contributed by atoms with Gasteiger partial charge in [-0.05, 0) is 60.2 Å². The van der Waals surface area contributed by atoms with Gasteiger partial charge in [0.25, 0.3) is 0 Å². The van der Waals surface area contributed by atoms with Gasteiger partial charge in [-0.25, -0.2) is 4.79 Å². The number of ether oxygens (including phenoxy) is 2. The van der Waals surface area contributed by atoms with Crippen molar-refractivity contribution in [1.29, 1.82) is 0 Å². The van der Waals surface area contributed by atoms with E-state index in [0.29, 0.717) is 18.6 Å². The Balaban J connectivity index is 1.78. The number of esters is 1. The molecule has 0 spiro atoms. The number of thiophene rings is 1. The van der Waals surface area contributed by atoms with E-state index < -0.39 is 0 Å². The number of nitrogens with zero attached hydrogens (tertiary/aromatic N) is 1. The zero-order valence-electron chi connectivity index (χ0n) is 17.3. The number of carbonyl (C=O) groups is 1. The molecule has 0 saturated heterocycles. The fourth-order valence-corrected chi connectivity index (χ4v) is 4.51. The van der Waals surface area contributed by atoms with Crippen LogP contribution in [0.5, 0.6) is 5.75 Å². The molecule has 2 heterocycles. The highest BCUT2D eigenvalue weighted by Crippen LogP contribution is 2.36. The van der Waals surface area contributed by atoms with E-state index in [2.05, 4.69) is 46.7 Å². The van der Waals surface area contributed by atoms with Crippen LogP contribution in [0.15, 0.2) is 65.6 Å². The zero-order chi connectivity index (χ0) is 20.9. The van der Waals surface area contributed by atoms with Crippen LogP contribution in [0.3, 0.4) is 0 Å². The van der Waals surface area contributed by atoms with E-state index in [4.69, 9.17) is 9.47 Å². The molecule has 1 aliphatic heterocycles. The smallest absolute Gasteiger partial charge is 0.333 e. The second kappa shape index (κ2) is 9.18. The molecule has 3 aromatic rings.